The lowest BCUT2D eigenvalue weighted by Gasteiger charge is -2.03. The lowest BCUT2D eigenvalue weighted by Crippen LogP contribution is -1.92. The molecule has 0 atom stereocenters. The third kappa shape index (κ3) is 1.71. The molecule has 5 heteroatoms. The van der Waals surface area contributed by atoms with Crippen molar-refractivity contribution in [2.24, 2.45) is 0 Å². The first kappa shape index (κ1) is 10.9. The zero-order valence-corrected chi connectivity index (χ0v) is 10.9. The van der Waals surface area contributed by atoms with E-state index in [2.05, 4.69) is 33.4 Å². The van der Waals surface area contributed by atoms with Crippen molar-refractivity contribution in [1.29, 1.82) is 0 Å². The van der Waals surface area contributed by atoms with Crippen LogP contribution in [0.4, 0.5) is 0 Å². The molecule has 0 saturated heterocycles. The normalized spacial score (nSPS) is 13.9. The second-order valence-electron chi connectivity index (χ2n) is 4.80. The maximum Gasteiger partial charge on any atom is 0.169 e. The second-order valence-corrected chi connectivity index (χ2v) is 5.19. The van der Waals surface area contributed by atoms with E-state index in [1.165, 1.54) is 24.0 Å². The number of fused-ring (bicyclic) bond motifs is 2. The lowest BCUT2D eigenvalue weighted by atomic mass is 10.1. The van der Waals surface area contributed by atoms with Gasteiger partial charge in [0.05, 0.1) is 0 Å². The number of aromatic nitrogens is 4. The third-order valence-electron chi connectivity index (χ3n) is 3.62. The van der Waals surface area contributed by atoms with Crippen LogP contribution in [0.25, 0.3) is 17.0 Å². The fourth-order valence-electron chi connectivity index (χ4n) is 2.68. The SMILES string of the molecule is Clc1cc2nnc(-c3ccc4c(c3)CCC4)n2cn1. The molecular weight excluding hydrogens is 260 g/mol. The minimum atomic E-state index is 0.431. The first-order valence-corrected chi connectivity index (χ1v) is 6.67. The van der Waals surface area contributed by atoms with Gasteiger partial charge in [-0.05, 0) is 36.5 Å². The van der Waals surface area contributed by atoms with Crippen molar-refractivity contribution in [3.8, 4) is 11.4 Å². The number of rotatable bonds is 1. The highest BCUT2D eigenvalue weighted by molar-refractivity contribution is 6.29. The van der Waals surface area contributed by atoms with E-state index in [0.29, 0.717) is 5.15 Å². The second kappa shape index (κ2) is 4.03. The van der Waals surface area contributed by atoms with E-state index in [4.69, 9.17) is 11.6 Å². The van der Waals surface area contributed by atoms with E-state index < -0.39 is 0 Å². The van der Waals surface area contributed by atoms with Gasteiger partial charge in [0.15, 0.2) is 11.5 Å². The fraction of sp³-hybridized carbons (Fsp3) is 0.214. The predicted octanol–water partition coefficient (Wildman–Crippen LogP) is 2.93. The van der Waals surface area contributed by atoms with E-state index in [-0.39, 0.29) is 0 Å². The van der Waals surface area contributed by atoms with E-state index in [1.54, 1.807) is 12.4 Å². The molecular formula is C14H11ClN4. The van der Waals surface area contributed by atoms with E-state index >= 15 is 0 Å². The van der Waals surface area contributed by atoms with E-state index in [1.807, 2.05) is 4.40 Å². The number of halogens is 1. The Bertz CT molecular complexity index is 778. The van der Waals surface area contributed by atoms with Crippen molar-refractivity contribution in [3.05, 3.63) is 46.9 Å². The highest BCUT2D eigenvalue weighted by atomic mass is 35.5. The van der Waals surface area contributed by atoms with Crippen LogP contribution < -0.4 is 0 Å². The minimum Gasteiger partial charge on any atom is -0.265 e. The van der Waals surface area contributed by atoms with Crippen LogP contribution in [0.15, 0.2) is 30.6 Å². The molecule has 0 spiro atoms. The Morgan fingerprint density at radius 3 is 2.89 bits per heavy atom. The van der Waals surface area contributed by atoms with Gasteiger partial charge in [-0.3, -0.25) is 4.40 Å². The molecule has 0 bridgehead atoms. The summed E-state index contributed by atoms with van der Waals surface area (Å²) in [5.74, 6) is 0.814. The third-order valence-corrected chi connectivity index (χ3v) is 3.83. The highest BCUT2D eigenvalue weighted by Gasteiger charge is 2.14. The molecule has 0 unspecified atom stereocenters. The highest BCUT2D eigenvalue weighted by Crippen LogP contribution is 2.27. The summed E-state index contributed by atoms with van der Waals surface area (Å²) in [5, 5.41) is 8.82. The molecule has 0 aliphatic heterocycles. The average Bonchev–Trinajstić information content (AvgIpc) is 3.02. The van der Waals surface area contributed by atoms with E-state index in [0.717, 1.165) is 23.5 Å². The van der Waals surface area contributed by atoms with Crippen LogP contribution >= 0.6 is 11.6 Å². The van der Waals surface area contributed by atoms with Gasteiger partial charge in [0.25, 0.3) is 0 Å². The van der Waals surface area contributed by atoms with Gasteiger partial charge >= 0.3 is 0 Å². The summed E-state index contributed by atoms with van der Waals surface area (Å²) in [7, 11) is 0. The van der Waals surface area contributed by atoms with Crippen molar-refractivity contribution in [1.82, 2.24) is 19.6 Å². The maximum atomic E-state index is 5.86. The largest absolute Gasteiger partial charge is 0.265 e. The van der Waals surface area contributed by atoms with E-state index in [9.17, 15) is 0 Å². The van der Waals surface area contributed by atoms with Crippen LogP contribution in [0.3, 0.4) is 0 Å². The number of nitrogens with zero attached hydrogens (tertiary/aromatic N) is 4. The number of aryl methyl sites for hydroxylation is 2. The van der Waals surface area contributed by atoms with Crippen LogP contribution in [0.5, 0.6) is 0 Å². The van der Waals surface area contributed by atoms with Crippen molar-refractivity contribution in [2.75, 3.05) is 0 Å². The van der Waals surface area contributed by atoms with Gasteiger partial charge in [0.1, 0.15) is 11.5 Å². The Morgan fingerprint density at radius 1 is 1.05 bits per heavy atom. The number of hydrogen-bond donors (Lipinski definition) is 0. The molecule has 4 nitrogen and oxygen atoms in total. The summed E-state index contributed by atoms with van der Waals surface area (Å²) >= 11 is 5.86. The van der Waals surface area contributed by atoms with Crippen LogP contribution in [-0.2, 0) is 12.8 Å². The Morgan fingerprint density at radius 2 is 1.95 bits per heavy atom. The average molecular weight is 271 g/mol. The summed E-state index contributed by atoms with van der Waals surface area (Å²) in [6.45, 7) is 0. The molecule has 3 aromatic rings. The topological polar surface area (TPSA) is 43.1 Å². The van der Waals surface area contributed by atoms with Crippen LogP contribution in [0.1, 0.15) is 17.5 Å². The van der Waals surface area contributed by atoms with Gasteiger partial charge < -0.3 is 0 Å². The van der Waals surface area contributed by atoms with Crippen LogP contribution in [0, 0.1) is 0 Å². The molecule has 2 heterocycles. The Hall–Kier alpha value is -1.94. The standard InChI is InChI=1S/C14H11ClN4/c15-12-7-13-17-18-14(19(13)8-16-12)11-5-4-9-2-1-3-10(9)6-11/h4-8H,1-3H2. The van der Waals surface area contributed by atoms with Crippen molar-refractivity contribution in [2.45, 2.75) is 19.3 Å². The summed E-state index contributed by atoms with van der Waals surface area (Å²) < 4.78 is 1.86. The summed E-state index contributed by atoms with van der Waals surface area (Å²) in [6, 6.07) is 8.23. The van der Waals surface area contributed by atoms with Crippen molar-refractivity contribution < 1.29 is 0 Å². The molecule has 0 N–H and O–H groups in total. The summed E-state index contributed by atoms with van der Waals surface area (Å²) in [6.07, 6.45) is 5.26. The monoisotopic (exact) mass is 270 g/mol. The van der Waals surface area contributed by atoms with Gasteiger partial charge in [-0.1, -0.05) is 23.7 Å². The first-order chi connectivity index (χ1) is 9.31. The molecule has 0 amide bonds. The molecule has 0 fully saturated rings. The molecule has 94 valence electrons. The molecule has 4 rings (SSSR count). The Kier molecular flexibility index (Phi) is 2.32. The summed E-state index contributed by atoms with van der Waals surface area (Å²) in [5.41, 5.74) is 4.68. The quantitative estimate of drug-likeness (QED) is 0.639. The molecule has 19 heavy (non-hydrogen) atoms. The van der Waals surface area contributed by atoms with Crippen molar-refractivity contribution >= 4 is 17.2 Å². The Balaban J connectivity index is 1.90. The van der Waals surface area contributed by atoms with Gasteiger partial charge in [0, 0.05) is 11.6 Å². The summed E-state index contributed by atoms with van der Waals surface area (Å²) in [4.78, 5) is 4.09. The zero-order chi connectivity index (χ0) is 12.8. The Labute approximate surface area is 115 Å². The van der Waals surface area contributed by atoms with Crippen LogP contribution in [0.2, 0.25) is 5.15 Å². The predicted molar refractivity (Wildman–Crippen MR) is 73.3 cm³/mol. The number of hydrogen-bond acceptors (Lipinski definition) is 3. The smallest absolute Gasteiger partial charge is 0.169 e. The molecule has 1 aliphatic rings. The molecule has 1 aromatic carbocycles. The van der Waals surface area contributed by atoms with Gasteiger partial charge in [0.2, 0.25) is 0 Å². The maximum absolute atomic E-state index is 5.86. The minimum absolute atomic E-state index is 0.431. The zero-order valence-electron chi connectivity index (χ0n) is 10.2. The fourth-order valence-corrected chi connectivity index (χ4v) is 2.82. The molecule has 0 saturated carbocycles. The van der Waals surface area contributed by atoms with Gasteiger partial charge in [-0.15, -0.1) is 10.2 Å². The van der Waals surface area contributed by atoms with Crippen LogP contribution in [-0.4, -0.2) is 19.6 Å². The lowest BCUT2D eigenvalue weighted by molar-refractivity contribution is 0.912. The number of benzene rings is 1. The molecule has 1 aliphatic carbocycles. The first-order valence-electron chi connectivity index (χ1n) is 6.30. The van der Waals surface area contributed by atoms with Crippen molar-refractivity contribution in [3.63, 3.8) is 0 Å². The molecule has 2 aromatic heterocycles. The van der Waals surface area contributed by atoms with Gasteiger partial charge in [-0.25, -0.2) is 4.98 Å². The molecule has 0 radical (unpaired) electrons. The van der Waals surface area contributed by atoms with Gasteiger partial charge in [-0.2, -0.15) is 0 Å².